The summed E-state index contributed by atoms with van der Waals surface area (Å²) in [6, 6.07) is 10.0. The molecule has 3 heteroatoms. The zero-order chi connectivity index (χ0) is 11.4. The molecule has 0 heterocycles. The molecular formula is C16H20Cl2Zr. The topological polar surface area (TPSA) is 0 Å². The van der Waals surface area contributed by atoms with Gasteiger partial charge in [-0.2, -0.15) is 18.2 Å². The second-order valence-corrected chi connectivity index (χ2v) is 4.82. The molecule has 1 saturated carbocycles. The Kier molecular flexibility index (Phi) is 12.3. The van der Waals surface area contributed by atoms with Crippen LogP contribution in [-0.4, -0.2) is 0 Å². The van der Waals surface area contributed by atoms with Gasteiger partial charge in [0.2, 0.25) is 0 Å². The Morgan fingerprint density at radius 2 is 1.84 bits per heavy atom. The van der Waals surface area contributed by atoms with Crippen LogP contribution in [0.15, 0.2) is 54.1 Å². The van der Waals surface area contributed by atoms with Crippen molar-refractivity contribution >= 4 is 0 Å². The van der Waals surface area contributed by atoms with Crippen LogP contribution in [0.4, 0.5) is 0 Å². The number of fused-ring (bicyclic) bond motifs is 1. The second kappa shape index (κ2) is 10.9. The summed E-state index contributed by atoms with van der Waals surface area (Å²) in [5.41, 5.74) is 1.63. The van der Waals surface area contributed by atoms with E-state index in [9.17, 15) is 0 Å². The van der Waals surface area contributed by atoms with Crippen LogP contribution in [0, 0.1) is 17.8 Å². The maximum atomic E-state index is 2.37. The number of allylic oxidation sites excluding steroid dienone is 4. The first-order valence-corrected chi connectivity index (χ1v) is 6.15. The van der Waals surface area contributed by atoms with Crippen LogP contribution in [-0.2, 0) is 26.2 Å². The van der Waals surface area contributed by atoms with E-state index >= 15 is 0 Å². The first kappa shape index (κ1) is 21.5. The van der Waals surface area contributed by atoms with Crippen molar-refractivity contribution < 1.29 is 51.0 Å². The minimum absolute atomic E-state index is 0. The molecule has 2 unspecified atom stereocenters. The van der Waals surface area contributed by atoms with Gasteiger partial charge in [0.25, 0.3) is 0 Å². The third-order valence-electron chi connectivity index (χ3n) is 3.56. The van der Waals surface area contributed by atoms with Crippen molar-refractivity contribution in [3.05, 3.63) is 60.1 Å². The van der Waals surface area contributed by atoms with Gasteiger partial charge >= 0.3 is 26.2 Å². The summed E-state index contributed by atoms with van der Waals surface area (Å²) in [7, 11) is 0. The van der Waals surface area contributed by atoms with E-state index in [0.717, 1.165) is 11.8 Å². The predicted octanol–water partition coefficient (Wildman–Crippen LogP) is -1.47. The Labute approximate surface area is 149 Å². The fraction of sp³-hybridized carbons (Fsp3) is 0.375. The van der Waals surface area contributed by atoms with Gasteiger partial charge in [0.1, 0.15) is 0 Å². The molecule has 2 atom stereocenters. The van der Waals surface area contributed by atoms with Crippen molar-refractivity contribution in [1.82, 2.24) is 0 Å². The smallest absolute Gasteiger partial charge is 1.00 e. The number of rotatable bonds is 0. The molecule has 1 fully saturated rings. The van der Waals surface area contributed by atoms with Crippen molar-refractivity contribution in [3.8, 4) is 0 Å². The number of hydrogen-bond acceptors (Lipinski definition) is 0. The van der Waals surface area contributed by atoms with E-state index in [1.54, 1.807) is 11.5 Å². The van der Waals surface area contributed by atoms with Crippen LogP contribution in [0.5, 0.6) is 0 Å². The van der Waals surface area contributed by atoms with Crippen LogP contribution >= 0.6 is 0 Å². The van der Waals surface area contributed by atoms with E-state index in [2.05, 4.69) is 32.1 Å². The third-order valence-corrected chi connectivity index (χ3v) is 3.56. The maximum absolute atomic E-state index is 2.37. The van der Waals surface area contributed by atoms with E-state index < -0.39 is 0 Å². The maximum Gasteiger partial charge on any atom is 4.00 e. The quantitative estimate of drug-likeness (QED) is 0.487. The van der Waals surface area contributed by atoms with E-state index in [0.29, 0.717) is 0 Å². The SMILES string of the molecule is C[C-]1CC(C)C2CC=CC=C12.[Cl-].[Cl-].[Zr+4].c1cc[cH-]c1. The van der Waals surface area contributed by atoms with Crippen LogP contribution in [0.3, 0.4) is 0 Å². The van der Waals surface area contributed by atoms with Crippen molar-refractivity contribution in [3.63, 3.8) is 0 Å². The molecule has 0 spiro atoms. The van der Waals surface area contributed by atoms with Crippen LogP contribution in [0.2, 0.25) is 0 Å². The van der Waals surface area contributed by atoms with Crippen molar-refractivity contribution in [2.45, 2.75) is 26.7 Å². The van der Waals surface area contributed by atoms with Gasteiger partial charge in [0, 0.05) is 0 Å². The Hall–Kier alpha value is 0.163. The van der Waals surface area contributed by atoms with Gasteiger partial charge in [-0.3, -0.25) is 0 Å². The average Bonchev–Trinajstić information content (AvgIpc) is 2.94. The number of halogens is 2. The van der Waals surface area contributed by atoms with E-state index in [1.807, 2.05) is 30.3 Å². The summed E-state index contributed by atoms with van der Waals surface area (Å²) in [4.78, 5) is 0. The molecule has 0 saturated heterocycles. The summed E-state index contributed by atoms with van der Waals surface area (Å²) < 4.78 is 0. The molecule has 0 N–H and O–H groups in total. The monoisotopic (exact) mass is 372 g/mol. The van der Waals surface area contributed by atoms with Gasteiger partial charge in [-0.25, -0.2) is 29.7 Å². The molecule has 1 aromatic carbocycles. The van der Waals surface area contributed by atoms with Gasteiger partial charge < -0.3 is 24.8 Å². The summed E-state index contributed by atoms with van der Waals surface area (Å²) >= 11 is 0. The summed E-state index contributed by atoms with van der Waals surface area (Å²) in [6.45, 7) is 4.65. The van der Waals surface area contributed by atoms with Crippen LogP contribution < -0.4 is 24.8 Å². The fourth-order valence-corrected chi connectivity index (χ4v) is 2.71. The molecule has 3 rings (SSSR count). The van der Waals surface area contributed by atoms with Gasteiger partial charge in [-0.1, -0.05) is 19.3 Å². The third kappa shape index (κ3) is 5.98. The predicted molar refractivity (Wildman–Crippen MR) is 70.1 cm³/mol. The molecular weight excluding hydrogens is 354 g/mol. The molecule has 0 aromatic heterocycles. The van der Waals surface area contributed by atoms with Gasteiger partial charge in [-0.05, 0) is 12.3 Å². The van der Waals surface area contributed by atoms with E-state index in [4.69, 9.17) is 0 Å². The molecule has 1 aromatic rings. The van der Waals surface area contributed by atoms with Crippen LogP contribution in [0.1, 0.15) is 26.7 Å². The van der Waals surface area contributed by atoms with Crippen molar-refractivity contribution in [2.24, 2.45) is 11.8 Å². The largest absolute Gasteiger partial charge is 4.00 e. The first-order valence-electron chi connectivity index (χ1n) is 6.15. The van der Waals surface area contributed by atoms with Gasteiger partial charge in [0.15, 0.2) is 0 Å². The first-order chi connectivity index (χ1) is 7.79. The average molecular weight is 374 g/mol. The summed E-state index contributed by atoms with van der Waals surface area (Å²) in [5, 5.41) is 0. The molecule has 19 heavy (non-hydrogen) atoms. The molecule has 2 aliphatic carbocycles. The standard InChI is InChI=1S/C11H15.C5H5.2ClH.Zr/c1-8-7-9(2)11-6-4-3-5-10(8)11;1-2-4-5-3-1;;;/h3-5,9,11H,6-7H2,1-2H3;1-5H;2*1H;/q2*-1;;;+4/p-2. The number of hydrogen-bond donors (Lipinski definition) is 0. The van der Waals surface area contributed by atoms with Gasteiger partial charge in [-0.15, -0.1) is 19.1 Å². The Bertz CT molecular complexity index is 351. The minimum Gasteiger partial charge on any atom is -1.00 e. The van der Waals surface area contributed by atoms with E-state index in [1.165, 1.54) is 12.8 Å². The Morgan fingerprint density at radius 1 is 1.21 bits per heavy atom. The molecule has 0 amide bonds. The van der Waals surface area contributed by atoms with Crippen LogP contribution in [0.25, 0.3) is 0 Å². The minimum atomic E-state index is 0. The molecule has 2 aliphatic rings. The Morgan fingerprint density at radius 3 is 2.32 bits per heavy atom. The molecule has 0 bridgehead atoms. The van der Waals surface area contributed by atoms with Gasteiger partial charge in [0.05, 0.1) is 0 Å². The summed E-state index contributed by atoms with van der Waals surface area (Å²) in [6.07, 6.45) is 9.38. The summed E-state index contributed by atoms with van der Waals surface area (Å²) in [5.74, 6) is 3.35. The fourth-order valence-electron chi connectivity index (χ4n) is 2.71. The van der Waals surface area contributed by atoms with Crippen molar-refractivity contribution in [1.29, 1.82) is 0 Å². The molecule has 0 radical (unpaired) electrons. The molecule has 0 aliphatic heterocycles. The molecule has 102 valence electrons. The molecule has 0 nitrogen and oxygen atoms in total. The van der Waals surface area contributed by atoms with Crippen molar-refractivity contribution in [2.75, 3.05) is 0 Å². The zero-order valence-corrected chi connectivity index (χ0v) is 15.4. The Balaban J connectivity index is 0. The zero-order valence-electron chi connectivity index (χ0n) is 11.4. The van der Waals surface area contributed by atoms with E-state index in [-0.39, 0.29) is 51.0 Å². The second-order valence-electron chi connectivity index (χ2n) is 4.82. The normalized spacial score (nSPS) is 22.6.